The van der Waals surface area contributed by atoms with Crippen molar-refractivity contribution in [2.75, 3.05) is 0 Å². The van der Waals surface area contributed by atoms with Crippen molar-refractivity contribution in [3.8, 4) is 44.5 Å². The molecule has 0 atom stereocenters. The zero-order valence-electron chi connectivity index (χ0n) is 19.7. The maximum Gasteiger partial charge on any atom is -0.000719 e. The van der Waals surface area contributed by atoms with E-state index in [1.54, 1.807) is 0 Å². The summed E-state index contributed by atoms with van der Waals surface area (Å²) < 4.78 is 0. The van der Waals surface area contributed by atoms with Gasteiger partial charge in [-0.25, -0.2) is 0 Å². The predicted octanol–water partition coefficient (Wildman–Crippen LogP) is 10.1. The normalized spacial score (nSPS) is 11.9. The molecule has 0 saturated carbocycles. The molecule has 0 spiro atoms. The van der Waals surface area contributed by atoms with Crippen molar-refractivity contribution < 1.29 is 0 Å². The fourth-order valence-corrected chi connectivity index (χ4v) is 6.35. The molecule has 166 valence electrons. The topological polar surface area (TPSA) is 0 Å². The number of rotatable bonds is 2. The van der Waals surface area contributed by atoms with E-state index in [4.69, 9.17) is 0 Å². The lowest BCUT2D eigenvalue weighted by Gasteiger charge is -2.21. The van der Waals surface area contributed by atoms with E-state index in [9.17, 15) is 0 Å². The van der Waals surface area contributed by atoms with Crippen LogP contribution in [0.25, 0.3) is 76.8 Å². The van der Waals surface area contributed by atoms with Crippen LogP contribution in [0.5, 0.6) is 0 Å². The highest BCUT2D eigenvalue weighted by molar-refractivity contribution is 6.31. The Balaban J connectivity index is 1.71. The number of hydrogen-bond acceptors (Lipinski definition) is 0. The van der Waals surface area contributed by atoms with Crippen LogP contribution < -0.4 is 0 Å². The van der Waals surface area contributed by atoms with Crippen LogP contribution in [0, 0.1) is 0 Å². The standard InChI is InChI=1S/C36H22/c1-3-12-25(13-4-1)32-30-22-21-23-11-7-8-18-27(23)34(30)33(26-14-5-2-6-15-26)36-29-20-10-17-24-16-9-19-28(31(24)29)35(32)36/h1-22H. The van der Waals surface area contributed by atoms with Gasteiger partial charge >= 0.3 is 0 Å². The Morgan fingerprint density at radius 3 is 1.53 bits per heavy atom. The lowest BCUT2D eigenvalue weighted by atomic mass is 9.81. The first-order chi connectivity index (χ1) is 17.9. The van der Waals surface area contributed by atoms with E-state index in [1.165, 1.54) is 76.8 Å². The highest BCUT2D eigenvalue weighted by Gasteiger charge is 2.30. The van der Waals surface area contributed by atoms with Gasteiger partial charge in [0.05, 0.1) is 0 Å². The van der Waals surface area contributed by atoms with E-state index in [2.05, 4.69) is 133 Å². The van der Waals surface area contributed by atoms with Gasteiger partial charge in [0.1, 0.15) is 0 Å². The van der Waals surface area contributed by atoms with E-state index in [0.29, 0.717) is 0 Å². The summed E-state index contributed by atoms with van der Waals surface area (Å²) in [5.41, 5.74) is 10.6. The average Bonchev–Trinajstić information content (AvgIpc) is 3.28. The smallest absolute Gasteiger partial charge is 0.000719 e. The van der Waals surface area contributed by atoms with Crippen molar-refractivity contribution in [1.82, 2.24) is 0 Å². The van der Waals surface area contributed by atoms with Crippen LogP contribution in [0.15, 0.2) is 133 Å². The van der Waals surface area contributed by atoms with Crippen LogP contribution in [-0.2, 0) is 0 Å². The van der Waals surface area contributed by atoms with Crippen LogP contribution >= 0.6 is 0 Å². The molecule has 8 rings (SSSR count). The summed E-state index contributed by atoms with van der Waals surface area (Å²) in [6, 6.07) is 48.9. The summed E-state index contributed by atoms with van der Waals surface area (Å²) in [5.74, 6) is 0. The molecule has 0 saturated heterocycles. The molecule has 0 radical (unpaired) electrons. The molecule has 0 amide bonds. The molecule has 7 aromatic carbocycles. The van der Waals surface area contributed by atoms with E-state index in [1.807, 2.05) is 0 Å². The van der Waals surface area contributed by atoms with Crippen molar-refractivity contribution in [3.63, 3.8) is 0 Å². The Kier molecular flexibility index (Phi) is 4.03. The third-order valence-electron chi connectivity index (χ3n) is 7.77. The molecule has 0 unspecified atom stereocenters. The van der Waals surface area contributed by atoms with Crippen LogP contribution in [-0.4, -0.2) is 0 Å². The van der Waals surface area contributed by atoms with E-state index < -0.39 is 0 Å². The fourth-order valence-electron chi connectivity index (χ4n) is 6.35. The monoisotopic (exact) mass is 454 g/mol. The van der Waals surface area contributed by atoms with Gasteiger partial charge in [0.15, 0.2) is 0 Å². The van der Waals surface area contributed by atoms with Gasteiger partial charge in [-0.3, -0.25) is 0 Å². The summed E-state index contributed by atoms with van der Waals surface area (Å²) in [7, 11) is 0. The second-order valence-electron chi connectivity index (χ2n) is 9.65. The zero-order valence-corrected chi connectivity index (χ0v) is 19.7. The highest BCUT2D eigenvalue weighted by atomic mass is 14.3. The molecule has 7 aromatic rings. The second kappa shape index (κ2) is 7.41. The molecule has 0 nitrogen and oxygen atoms in total. The second-order valence-corrected chi connectivity index (χ2v) is 9.65. The van der Waals surface area contributed by atoms with Crippen molar-refractivity contribution in [2.24, 2.45) is 0 Å². The quantitative estimate of drug-likeness (QED) is 0.228. The van der Waals surface area contributed by atoms with Crippen LogP contribution in [0.1, 0.15) is 0 Å². The molecule has 0 N–H and O–H groups in total. The number of benzene rings is 7. The molecular weight excluding hydrogens is 432 g/mol. The van der Waals surface area contributed by atoms with Gasteiger partial charge in [-0.15, -0.1) is 0 Å². The lowest BCUT2D eigenvalue weighted by molar-refractivity contribution is 1.63. The van der Waals surface area contributed by atoms with Gasteiger partial charge in [-0.1, -0.05) is 133 Å². The van der Waals surface area contributed by atoms with Gasteiger partial charge in [0, 0.05) is 0 Å². The SMILES string of the molecule is c1ccc(-c2c3c(c(-c4ccccc4)c4c2ccc2ccccc24)-c2cccc4cccc-3c24)cc1. The van der Waals surface area contributed by atoms with Gasteiger partial charge in [-0.05, 0) is 76.8 Å². The van der Waals surface area contributed by atoms with Gasteiger partial charge in [0.25, 0.3) is 0 Å². The van der Waals surface area contributed by atoms with E-state index in [0.717, 1.165) is 0 Å². The molecule has 0 aliphatic heterocycles. The molecule has 0 heteroatoms. The van der Waals surface area contributed by atoms with E-state index >= 15 is 0 Å². The number of fused-ring (bicyclic) bond motifs is 6. The zero-order chi connectivity index (χ0) is 23.6. The molecule has 0 bridgehead atoms. The van der Waals surface area contributed by atoms with Gasteiger partial charge in [-0.2, -0.15) is 0 Å². The Labute approximate surface area is 210 Å². The Bertz CT molecular complexity index is 1960. The minimum absolute atomic E-state index is 1.26. The average molecular weight is 455 g/mol. The maximum atomic E-state index is 2.34. The Hall–Kier alpha value is -4.68. The fraction of sp³-hybridized carbons (Fsp3) is 0. The highest BCUT2D eigenvalue weighted by Crippen LogP contribution is 2.58. The van der Waals surface area contributed by atoms with Crippen LogP contribution in [0.3, 0.4) is 0 Å². The molecule has 0 aromatic heterocycles. The van der Waals surface area contributed by atoms with Crippen LogP contribution in [0.2, 0.25) is 0 Å². The maximum absolute atomic E-state index is 2.34. The summed E-state index contributed by atoms with van der Waals surface area (Å²) in [6.45, 7) is 0. The largest absolute Gasteiger partial charge is 0.0622 e. The predicted molar refractivity (Wildman–Crippen MR) is 154 cm³/mol. The van der Waals surface area contributed by atoms with E-state index in [-0.39, 0.29) is 0 Å². The van der Waals surface area contributed by atoms with Crippen molar-refractivity contribution >= 4 is 32.3 Å². The first-order valence-corrected chi connectivity index (χ1v) is 12.5. The van der Waals surface area contributed by atoms with Crippen molar-refractivity contribution in [2.45, 2.75) is 0 Å². The summed E-state index contributed by atoms with van der Waals surface area (Å²) in [4.78, 5) is 0. The summed E-state index contributed by atoms with van der Waals surface area (Å²) in [6.07, 6.45) is 0. The molecule has 1 aliphatic carbocycles. The van der Waals surface area contributed by atoms with Crippen molar-refractivity contribution in [1.29, 1.82) is 0 Å². The lowest BCUT2D eigenvalue weighted by Crippen LogP contribution is -1.94. The van der Waals surface area contributed by atoms with Crippen LogP contribution in [0.4, 0.5) is 0 Å². The first kappa shape index (κ1) is 19.6. The molecule has 1 aliphatic rings. The molecule has 36 heavy (non-hydrogen) atoms. The summed E-state index contributed by atoms with van der Waals surface area (Å²) >= 11 is 0. The van der Waals surface area contributed by atoms with Gasteiger partial charge in [0.2, 0.25) is 0 Å². The van der Waals surface area contributed by atoms with Crippen molar-refractivity contribution in [3.05, 3.63) is 133 Å². The number of hydrogen-bond donors (Lipinski definition) is 0. The Morgan fingerprint density at radius 2 is 0.833 bits per heavy atom. The van der Waals surface area contributed by atoms with Gasteiger partial charge < -0.3 is 0 Å². The summed E-state index contributed by atoms with van der Waals surface area (Å²) in [5, 5.41) is 7.88. The molecule has 0 fully saturated rings. The minimum atomic E-state index is 1.26. The Morgan fingerprint density at radius 1 is 0.278 bits per heavy atom. The molecule has 0 heterocycles. The third-order valence-corrected chi connectivity index (χ3v) is 7.77. The molecular formula is C36H22. The third kappa shape index (κ3) is 2.59. The first-order valence-electron chi connectivity index (χ1n) is 12.5. The minimum Gasteiger partial charge on any atom is -0.0622 e.